The van der Waals surface area contributed by atoms with Gasteiger partial charge in [-0.05, 0) is 12.1 Å². The summed E-state index contributed by atoms with van der Waals surface area (Å²) in [6, 6.07) is 2.57. The van der Waals surface area contributed by atoms with Crippen LogP contribution in [0.1, 0.15) is 5.56 Å². The van der Waals surface area contributed by atoms with Gasteiger partial charge in [-0.1, -0.05) is 23.2 Å². The van der Waals surface area contributed by atoms with Crippen LogP contribution >= 0.6 is 23.2 Å². The van der Waals surface area contributed by atoms with Crippen molar-refractivity contribution >= 4 is 23.2 Å². The molecule has 1 aromatic carbocycles. The van der Waals surface area contributed by atoms with Crippen LogP contribution in [-0.2, 0) is 6.61 Å². The average Bonchev–Trinajstić information content (AvgIpc) is 2.25. The van der Waals surface area contributed by atoms with Gasteiger partial charge in [-0.25, -0.2) is 0 Å². The zero-order valence-corrected chi connectivity index (χ0v) is 10.4. The Morgan fingerprint density at radius 1 is 1.28 bits per heavy atom. The van der Waals surface area contributed by atoms with Crippen molar-refractivity contribution in [1.82, 2.24) is 0 Å². The largest absolute Gasteiger partial charge is 0.489 e. The molecule has 0 aliphatic heterocycles. The summed E-state index contributed by atoms with van der Waals surface area (Å²) in [5.74, 6) is -0.133. The second-order valence-corrected chi connectivity index (χ2v) is 4.25. The fraction of sp³-hybridized carbons (Fsp3) is 0.400. The highest BCUT2D eigenvalue weighted by Gasteiger charge is 2.38. The molecule has 0 aliphatic rings. The molecule has 1 aromatic rings. The molecule has 1 unspecified atom stereocenters. The molecule has 0 spiro atoms. The van der Waals surface area contributed by atoms with E-state index >= 15 is 0 Å². The van der Waals surface area contributed by atoms with E-state index in [4.69, 9.17) is 38.2 Å². The van der Waals surface area contributed by atoms with Crippen molar-refractivity contribution in [3.05, 3.63) is 27.7 Å². The van der Waals surface area contributed by atoms with Crippen molar-refractivity contribution in [2.75, 3.05) is 6.61 Å². The maximum absolute atomic E-state index is 12.1. The maximum atomic E-state index is 12.1. The third-order valence-electron chi connectivity index (χ3n) is 2.02. The van der Waals surface area contributed by atoms with Crippen LogP contribution in [0, 0.1) is 0 Å². The van der Waals surface area contributed by atoms with Gasteiger partial charge in [0.25, 0.3) is 0 Å². The molecule has 1 rings (SSSR count). The third kappa shape index (κ3) is 3.91. The fourth-order valence-corrected chi connectivity index (χ4v) is 1.74. The number of ether oxygens (including phenoxy) is 1. The summed E-state index contributed by atoms with van der Waals surface area (Å²) in [6.45, 7) is -1.52. The van der Waals surface area contributed by atoms with Crippen LogP contribution in [0.3, 0.4) is 0 Å². The molecule has 0 heterocycles. The Kier molecular flexibility index (Phi) is 5.10. The Balaban J connectivity index is 2.85. The first-order valence-electron chi connectivity index (χ1n) is 4.72. The van der Waals surface area contributed by atoms with Gasteiger partial charge in [-0.15, -0.1) is 0 Å². The van der Waals surface area contributed by atoms with Gasteiger partial charge in [-0.2, -0.15) is 13.2 Å². The van der Waals surface area contributed by atoms with E-state index in [1.807, 2.05) is 0 Å². The van der Waals surface area contributed by atoms with E-state index < -0.39 is 25.5 Å². The van der Waals surface area contributed by atoms with Gasteiger partial charge in [-0.3, -0.25) is 0 Å². The zero-order valence-electron chi connectivity index (χ0n) is 8.84. The van der Waals surface area contributed by atoms with Crippen molar-refractivity contribution in [2.24, 2.45) is 0 Å². The summed E-state index contributed by atoms with van der Waals surface area (Å²) in [5.41, 5.74) is 0.141. The molecule has 3 nitrogen and oxygen atoms in total. The van der Waals surface area contributed by atoms with Gasteiger partial charge in [0.05, 0.1) is 11.6 Å². The molecule has 2 N–H and O–H groups in total. The molecular weight excluding hydrogens is 296 g/mol. The SMILES string of the molecule is OCc1cc(Cl)cc(Cl)c1OCC(O)C(F)(F)F. The number of aliphatic hydroxyl groups excluding tert-OH is 2. The van der Waals surface area contributed by atoms with Gasteiger partial charge in [0.2, 0.25) is 0 Å². The highest BCUT2D eigenvalue weighted by molar-refractivity contribution is 6.35. The highest BCUT2D eigenvalue weighted by atomic mass is 35.5. The molecule has 0 aromatic heterocycles. The summed E-state index contributed by atoms with van der Waals surface area (Å²) in [7, 11) is 0. The zero-order chi connectivity index (χ0) is 13.9. The van der Waals surface area contributed by atoms with E-state index in [1.54, 1.807) is 0 Å². The van der Waals surface area contributed by atoms with Crippen LogP contribution < -0.4 is 4.74 Å². The number of halogens is 5. The molecule has 0 radical (unpaired) electrons. The van der Waals surface area contributed by atoms with Crippen LogP contribution in [0.25, 0.3) is 0 Å². The lowest BCUT2D eigenvalue weighted by Crippen LogP contribution is -2.34. The van der Waals surface area contributed by atoms with Crippen LogP contribution in [-0.4, -0.2) is 29.1 Å². The first-order valence-corrected chi connectivity index (χ1v) is 5.47. The molecule has 0 bridgehead atoms. The Bertz CT molecular complexity index is 424. The number of hydrogen-bond donors (Lipinski definition) is 2. The lowest BCUT2D eigenvalue weighted by Gasteiger charge is -2.17. The summed E-state index contributed by atoms with van der Waals surface area (Å²) in [4.78, 5) is 0. The van der Waals surface area contributed by atoms with Gasteiger partial charge in [0, 0.05) is 10.6 Å². The molecule has 102 valence electrons. The number of alkyl halides is 3. The number of benzene rings is 1. The van der Waals surface area contributed by atoms with Gasteiger partial charge in [0.15, 0.2) is 6.10 Å². The molecular formula is C10H9Cl2F3O3. The highest BCUT2D eigenvalue weighted by Crippen LogP contribution is 2.33. The molecule has 0 amide bonds. The average molecular weight is 305 g/mol. The van der Waals surface area contributed by atoms with Crippen LogP contribution in [0.15, 0.2) is 12.1 Å². The van der Waals surface area contributed by atoms with E-state index in [1.165, 1.54) is 12.1 Å². The smallest absolute Gasteiger partial charge is 0.417 e. The predicted octanol–water partition coefficient (Wildman–Crippen LogP) is 2.79. The van der Waals surface area contributed by atoms with E-state index in [-0.39, 0.29) is 21.4 Å². The van der Waals surface area contributed by atoms with Crippen molar-refractivity contribution < 1.29 is 28.1 Å². The van der Waals surface area contributed by atoms with Crippen molar-refractivity contribution in [1.29, 1.82) is 0 Å². The Morgan fingerprint density at radius 3 is 2.39 bits per heavy atom. The van der Waals surface area contributed by atoms with Gasteiger partial charge in [0.1, 0.15) is 12.4 Å². The van der Waals surface area contributed by atoms with Crippen molar-refractivity contribution in [3.8, 4) is 5.75 Å². The molecule has 1 atom stereocenters. The Hall–Kier alpha value is -0.690. The van der Waals surface area contributed by atoms with Crippen molar-refractivity contribution in [2.45, 2.75) is 18.9 Å². The topological polar surface area (TPSA) is 49.7 Å². The minimum absolute atomic E-state index is 0.0408. The lowest BCUT2D eigenvalue weighted by molar-refractivity contribution is -0.210. The second kappa shape index (κ2) is 5.97. The number of hydrogen-bond acceptors (Lipinski definition) is 3. The van der Waals surface area contributed by atoms with Crippen LogP contribution in [0.5, 0.6) is 5.75 Å². The standard InChI is InChI=1S/C10H9Cl2F3O3/c11-6-1-5(3-16)9(7(12)2-6)18-4-8(17)10(13,14)15/h1-2,8,16-17H,3-4H2. The Labute approximate surface area is 111 Å². The number of aliphatic hydroxyl groups is 2. The first-order chi connectivity index (χ1) is 8.25. The summed E-state index contributed by atoms with van der Waals surface area (Å²) in [6.07, 6.45) is -7.41. The fourth-order valence-electron chi connectivity index (χ4n) is 1.15. The Morgan fingerprint density at radius 2 is 1.89 bits per heavy atom. The normalized spacial score (nSPS) is 13.5. The maximum Gasteiger partial charge on any atom is 0.417 e. The van der Waals surface area contributed by atoms with Crippen molar-refractivity contribution in [3.63, 3.8) is 0 Å². The lowest BCUT2D eigenvalue weighted by atomic mass is 10.2. The second-order valence-electron chi connectivity index (χ2n) is 3.40. The monoisotopic (exact) mass is 304 g/mol. The quantitative estimate of drug-likeness (QED) is 0.899. The molecule has 0 saturated carbocycles. The molecule has 0 aliphatic carbocycles. The van der Waals surface area contributed by atoms with Crippen LogP contribution in [0.4, 0.5) is 13.2 Å². The summed E-state index contributed by atoms with van der Waals surface area (Å²) in [5, 5.41) is 18.0. The summed E-state index contributed by atoms with van der Waals surface area (Å²) >= 11 is 11.4. The van der Waals surface area contributed by atoms with Crippen LogP contribution in [0.2, 0.25) is 10.0 Å². The molecule has 18 heavy (non-hydrogen) atoms. The predicted molar refractivity (Wildman–Crippen MR) is 59.9 cm³/mol. The first kappa shape index (κ1) is 15.4. The summed E-state index contributed by atoms with van der Waals surface area (Å²) < 4.78 is 41.0. The van der Waals surface area contributed by atoms with Gasteiger partial charge >= 0.3 is 6.18 Å². The van der Waals surface area contributed by atoms with E-state index in [0.717, 1.165) is 0 Å². The third-order valence-corrected chi connectivity index (χ3v) is 2.52. The van der Waals surface area contributed by atoms with E-state index in [2.05, 4.69) is 0 Å². The minimum Gasteiger partial charge on any atom is -0.489 e. The van der Waals surface area contributed by atoms with E-state index in [9.17, 15) is 13.2 Å². The van der Waals surface area contributed by atoms with E-state index in [0.29, 0.717) is 0 Å². The molecule has 8 heteroatoms. The molecule has 0 saturated heterocycles. The van der Waals surface area contributed by atoms with Gasteiger partial charge < -0.3 is 14.9 Å². The molecule has 0 fully saturated rings. The minimum atomic E-state index is -4.78. The number of rotatable bonds is 4.